The zero-order valence-corrected chi connectivity index (χ0v) is 12.3. The second kappa shape index (κ2) is 7.26. The molecule has 0 unspecified atom stereocenters. The van der Waals surface area contributed by atoms with E-state index in [2.05, 4.69) is 16.8 Å². The molecule has 1 aliphatic rings. The van der Waals surface area contributed by atoms with Crippen LogP contribution in [0.3, 0.4) is 0 Å². The van der Waals surface area contributed by atoms with Crippen molar-refractivity contribution >= 4 is 0 Å². The van der Waals surface area contributed by atoms with Crippen molar-refractivity contribution in [2.75, 3.05) is 19.7 Å². The highest BCUT2D eigenvalue weighted by Crippen LogP contribution is 2.20. The molecular weight excluding hydrogens is 283 g/mol. The van der Waals surface area contributed by atoms with E-state index in [1.165, 1.54) is 17.0 Å². The van der Waals surface area contributed by atoms with Crippen molar-refractivity contribution in [1.82, 2.24) is 14.5 Å². The molecule has 1 aromatic rings. The third-order valence-electron chi connectivity index (χ3n) is 3.54. The fraction of sp³-hybridized carbons (Fsp3) is 0.786. The minimum Gasteiger partial charge on any atom is -0.377 e. The lowest BCUT2D eigenvalue weighted by Crippen LogP contribution is -2.40. The van der Waals surface area contributed by atoms with Crippen LogP contribution in [0.2, 0.25) is 0 Å². The van der Waals surface area contributed by atoms with Crippen LogP contribution in [0, 0.1) is 0 Å². The largest absolute Gasteiger partial charge is 0.406 e. The Balaban J connectivity index is 1.91. The second-order valence-electron chi connectivity index (χ2n) is 5.46. The molecule has 1 aromatic heterocycles. The van der Waals surface area contributed by atoms with E-state index in [0.29, 0.717) is 12.4 Å². The number of likely N-dealkylation sites (tertiary alicyclic amines) is 1. The summed E-state index contributed by atoms with van der Waals surface area (Å²) in [7, 11) is 0. The summed E-state index contributed by atoms with van der Waals surface area (Å²) >= 11 is 0. The summed E-state index contributed by atoms with van der Waals surface area (Å²) in [4.78, 5) is 6.19. The first kappa shape index (κ1) is 16.3. The first-order valence-electron chi connectivity index (χ1n) is 7.38. The monoisotopic (exact) mass is 305 g/mol. The van der Waals surface area contributed by atoms with Crippen LogP contribution < -0.4 is 0 Å². The number of hydrogen-bond acceptors (Lipinski definition) is 3. The molecule has 2 heterocycles. The molecule has 1 saturated heterocycles. The fourth-order valence-electron chi connectivity index (χ4n) is 2.61. The predicted octanol–water partition coefficient (Wildman–Crippen LogP) is 2.84. The van der Waals surface area contributed by atoms with Gasteiger partial charge in [-0.25, -0.2) is 4.98 Å². The molecule has 120 valence electrons. The maximum Gasteiger partial charge on any atom is 0.406 e. The Morgan fingerprint density at radius 3 is 2.95 bits per heavy atom. The molecule has 4 nitrogen and oxygen atoms in total. The molecule has 0 bridgehead atoms. The van der Waals surface area contributed by atoms with Crippen molar-refractivity contribution in [3.05, 3.63) is 18.2 Å². The number of hydrogen-bond donors (Lipinski definition) is 0. The normalized spacial score (nSPS) is 20.9. The van der Waals surface area contributed by atoms with Crippen LogP contribution in [0.15, 0.2) is 12.4 Å². The lowest BCUT2D eigenvalue weighted by molar-refractivity contribution is -0.141. The van der Waals surface area contributed by atoms with Gasteiger partial charge in [-0.3, -0.25) is 4.90 Å². The van der Waals surface area contributed by atoms with E-state index in [4.69, 9.17) is 4.74 Å². The molecule has 0 radical (unpaired) electrons. The second-order valence-corrected chi connectivity index (χ2v) is 5.46. The van der Waals surface area contributed by atoms with E-state index in [1.54, 1.807) is 0 Å². The van der Waals surface area contributed by atoms with Crippen molar-refractivity contribution in [1.29, 1.82) is 0 Å². The van der Waals surface area contributed by atoms with Gasteiger partial charge in [0.1, 0.15) is 12.4 Å². The van der Waals surface area contributed by atoms with Gasteiger partial charge < -0.3 is 9.30 Å². The third-order valence-corrected chi connectivity index (χ3v) is 3.54. The van der Waals surface area contributed by atoms with E-state index in [9.17, 15) is 13.2 Å². The summed E-state index contributed by atoms with van der Waals surface area (Å²) in [5.41, 5.74) is 0. The lowest BCUT2D eigenvalue weighted by Gasteiger charge is -2.32. The predicted molar refractivity (Wildman–Crippen MR) is 72.8 cm³/mol. The van der Waals surface area contributed by atoms with Crippen molar-refractivity contribution in [3.63, 3.8) is 0 Å². The Labute approximate surface area is 122 Å². The number of nitrogens with zero attached hydrogens (tertiary/aromatic N) is 3. The molecule has 0 aliphatic carbocycles. The van der Waals surface area contributed by atoms with Crippen molar-refractivity contribution in [3.8, 4) is 0 Å². The Bertz CT molecular complexity index is 433. The standard InChI is InChI=1S/C14H22F3N3O/c1-2-8-21-12-4-3-6-19(9-12)10-13-18-5-7-20(13)11-14(15,16)17/h5,7,12H,2-4,6,8-11H2,1H3/t12-/m1/s1. The highest BCUT2D eigenvalue weighted by atomic mass is 19.4. The summed E-state index contributed by atoms with van der Waals surface area (Å²) in [6, 6.07) is 0. The van der Waals surface area contributed by atoms with E-state index in [1.807, 2.05) is 0 Å². The summed E-state index contributed by atoms with van der Waals surface area (Å²) in [6.45, 7) is 3.90. The maximum absolute atomic E-state index is 12.5. The molecule has 21 heavy (non-hydrogen) atoms. The molecule has 0 spiro atoms. The minimum atomic E-state index is -4.22. The van der Waals surface area contributed by atoms with E-state index >= 15 is 0 Å². The highest BCUT2D eigenvalue weighted by molar-refractivity contribution is 4.94. The van der Waals surface area contributed by atoms with Gasteiger partial charge in [-0.15, -0.1) is 0 Å². The zero-order valence-electron chi connectivity index (χ0n) is 12.3. The Kier molecular flexibility index (Phi) is 5.64. The van der Waals surface area contributed by atoms with E-state index in [0.717, 1.165) is 39.0 Å². The SMILES string of the molecule is CCCO[C@@H]1CCCN(Cc2nccn2CC(F)(F)F)C1. The number of rotatable bonds is 6. The summed E-state index contributed by atoms with van der Waals surface area (Å²) in [5.74, 6) is 0.462. The van der Waals surface area contributed by atoms with Crippen LogP contribution in [0.5, 0.6) is 0 Å². The number of alkyl halides is 3. The van der Waals surface area contributed by atoms with Gasteiger partial charge in [-0.1, -0.05) is 6.92 Å². The summed E-state index contributed by atoms with van der Waals surface area (Å²) in [5, 5.41) is 0. The smallest absolute Gasteiger partial charge is 0.377 e. The summed E-state index contributed by atoms with van der Waals surface area (Å²) in [6.07, 6.45) is 1.79. The quantitative estimate of drug-likeness (QED) is 0.809. The van der Waals surface area contributed by atoms with Crippen LogP contribution in [-0.2, 0) is 17.8 Å². The van der Waals surface area contributed by atoms with Gasteiger partial charge in [0.2, 0.25) is 0 Å². The van der Waals surface area contributed by atoms with E-state index in [-0.39, 0.29) is 6.10 Å². The van der Waals surface area contributed by atoms with Gasteiger partial charge in [-0.2, -0.15) is 13.2 Å². The molecule has 1 atom stereocenters. The minimum absolute atomic E-state index is 0.185. The number of piperidine rings is 1. The Morgan fingerprint density at radius 1 is 1.43 bits per heavy atom. The molecule has 1 aliphatic heterocycles. The van der Waals surface area contributed by atoms with Gasteiger partial charge in [0.15, 0.2) is 0 Å². The molecule has 1 fully saturated rings. The average molecular weight is 305 g/mol. The number of aromatic nitrogens is 2. The third kappa shape index (κ3) is 5.32. The molecule has 0 saturated carbocycles. The molecule has 0 amide bonds. The summed E-state index contributed by atoms with van der Waals surface area (Å²) < 4.78 is 44.4. The van der Waals surface area contributed by atoms with Gasteiger partial charge in [0.25, 0.3) is 0 Å². The lowest BCUT2D eigenvalue weighted by atomic mass is 10.1. The maximum atomic E-state index is 12.5. The molecular formula is C14H22F3N3O. The number of imidazole rings is 1. The Morgan fingerprint density at radius 2 is 2.24 bits per heavy atom. The van der Waals surface area contributed by atoms with Crippen molar-refractivity contribution < 1.29 is 17.9 Å². The molecule has 7 heteroatoms. The average Bonchev–Trinajstić information content (AvgIpc) is 2.82. The van der Waals surface area contributed by atoms with Gasteiger partial charge in [0.05, 0.1) is 12.6 Å². The van der Waals surface area contributed by atoms with Crippen LogP contribution in [0.25, 0.3) is 0 Å². The van der Waals surface area contributed by atoms with Crippen molar-refractivity contribution in [2.45, 2.75) is 51.6 Å². The first-order chi connectivity index (χ1) is 9.98. The fourth-order valence-corrected chi connectivity index (χ4v) is 2.61. The molecule has 0 aromatic carbocycles. The van der Waals surface area contributed by atoms with Gasteiger partial charge in [-0.05, 0) is 25.8 Å². The first-order valence-corrected chi connectivity index (χ1v) is 7.38. The van der Waals surface area contributed by atoms with E-state index < -0.39 is 12.7 Å². The molecule has 2 rings (SSSR count). The van der Waals surface area contributed by atoms with Crippen LogP contribution in [-0.4, -0.2) is 46.4 Å². The van der Waals surface area contributed by atoms with Crippen LogP contribution >= 0.6 is 0 Å². The Hall–Kier alpha value is -1.08. The molecule has 0 N–H and O–H groups in total. The van der Waals surface area contributed by atoms with Crippen LogP contribution in [0.1, 0.15) is 32.0 Å². The van der Waals surface area contributed by atoms with Gasteiger partial charge in [0, 0.05) is 25.5 Å². The van der Waals surface area contributed by atoms with Crippen molar-refractivity contribution in [2.24, 2.45) is 0 Å². The number of ether oxygens (including phenoxy) is 1. The zero-order chi connectivity index (χ0) is 15.3. The number of halogens is 3. The van der Waals surface area contributed by atoms with Crippen LogP contribution in [0.4, 0.5) is 13.2 Å². The highest BCUT2D eigenvalue weighted by Gasteiger charge is 2.29. The topological polar surface area (TPSA) is 30.3 Å². The van der Waals surface area contributed by atoms with Gasteiger partial charge >= 0.3 is 6.18 Å².